The smallest absolute Gasteiger partial charge is 0.166 e. The molecule has 0 fully saturated rings. The van der Waals surface area contributed by atoms with Crippen LogP contribution in [0, 0.1) is 13.8 Å². The van der Waals surface area contributed by atoms with E-state index in [1.165, 1.54) is 0 Å². The summed E-state index contributed by atoms with van der Waals surface area (Å²) in [6.45, 7) is 5.83. The standard InChI is InChI=1S/C10H16N2O/c1-5-6-9(13)10-7(2)11-12(4)8(10)3/h5-6H2,1-4H3. The highest BCUT2D eigenvalue weighted by Gasteiger charge is 2.15. The number of nitrogens with zero attached hydrogens (tertiary/aromatic N) is 2. The zero-order valence-corrected chi connectivity index (χ0v) is 8.72. The summed E-state index contributed by atoms with van der Waals surface area (Å²) in [6.07, 6.45) is 1.51. The SMILES string of the molecule is CCCC(=O)c1c(C)nn(C)c1C. The second kappa shape index (κ2) is 3.73. The molecule has 0 aliphatic carbocycles. The molecule has 0 spiro atoms. The Morgan fingerprint density at radius 3 is 2.46 bits per heavy atom. The summed E-state index contributed by atoms with van der Waals surface area (Å²) in [6, 6.07) is 0. The molecule has 1 rings (SSSR count). The first kappa shape index (κ1) is 9.96. The number of carbonyl (C=O) groups is 1. The van der Waals surface area contributed by atoms with Crippen molar-refractivity contribution in [1.82, 2.24) is 9.78 Å². The first-order chi connectivity index (χ1) is 6.07. The van der Waals surface area contributed by atoms with E-state index in [9.17, 15) is 4.79 Å². The van der Waals surface area contributed by atoms with Crippen LogP contribution < -0.4 is 0 Å². The van der Waals surface area contributed by atoms with Crippen LogP contribution in [-0.4, -0.2) is 15.6 Å². The lowest BCUT2D eigenvalue weighted by molar-refractivity contribution is 0.0980. The largest absolute Gasteiger partial charge is 0.294 e. The fourth-order valence-electron chi connectivity index (χ4n) is 1.53. The lowest BCUT2D eigenvalue weighted by atomic mass is 10.1. The van der Waals surface area contributed by atoms with Crippen LogP contribution in [0.1, 0.15) is 41.5 Å². The van der Waals surface area contributed by atoms with Gasteiger partial charge in [0.25, 0.3) is 0 Å². The third-order valence-corrected chi connectivity index (χ3v) is 2.26. The van der Waals surface area contributed by atoms with Gasteiger partial charge in [0.15, 0.2) is 5.78 Å². The number of hydrogen-bond acceptors (Lipinski definition) is 2. The Morgan fingerprint density at radius 1 is 1.46 bits per heavy atom. The molecule has 0 aromatic carbocycles. The summed E-state index contributed by atoms with van der Waals surface area (Å²) in [4.78, 5) is 11.6. The Morgan fingerprint density at radius 2 is 2.08 bits per heavy atom. The van der Waals surface area contributed by atoms with E-state index in [4.69, 9.17) is 0 Å². The minimum Gasteiger partial charge on any atom is -0.294 e. The molecule has 0 bridgehead atoms. The van der Waals surface area contributed by atoms with Crippen LogP contribution in [0.2, 0.25) is 0 Å². The molecule has 0 saturated heterocycles. The molecule has 1 heterocycles. The number of rotatable bonds is 3. The van der Waals surface area contributed by atoms with Crippen LogP contribution in [-0.2, 0) is 7.05 Å². The first-order valence-electron chi connectivity index (χ1n) is 4.61. The van der Waals surface area contributed by atoms with Gasteiger partial charge in [-0.1, -0.05) is 6.92 Å². The Bertz CT molecular complexity index is 326. The molecular formula is C10H16N2O. The zero-order valence-electron chi connectivity index (χ0n) is 8.72. The van der Waals surface area contributed by atoms with Gasteiger partial charge in [0.05, 0.1) is 11.3 Å². The maximum absolute atomic E-state index is 11.6. The highest BCUT2D eigenvalue weighted by molar-refractivity contribution is 5.98. The zero-order chi connectivity index (χ0) is 10.0. The topological polar surface area (TPSA) is 34.9 Å². The van der Waals surface area contributed by atoms with Crippen LogP contribution >= 0.6 is 0 Å². The van der Waals surface area contributed by atoms with Gasteiger partial charge in [-0.15, -0.1) is 0 Å². The number of carbonyl (C=O) groups excluding carboxylic acids is 1. The Balaban J connectivity index is 3.06. The number of Topliss-reactive ketones (excluding diaryl/α,β-unsaturated/α-hetero) is 1. The molecule has 72 valence electrons. The van der Waals surface area contributed by atoms with Gasteiger partial charge in [0.2, 0.25) is 0 Å². The lowest BCUT2D eigenvalue weighted by Crippen LogP contribution is -2.02. The molecule has 0 saturated carbocycles. The molecule has 0 amide bonds. The van der Waals surface area contributed by atoms with Crippen molar-refractivity contribution in [3.05, 3.63) is 17.0 Å². The maximum atomic E-state index is 11.6. The van der Waals surface area contributed by atoms with Gasteiger partial charge in [-0.3, -0.25) is 9.48 Å². The van der Waals surface area contributed by atoms with Crippen molar-refractivity contribution in [2.45, 2.75) is 33.6 Å². The Labute approximate surface area is 78.8 Å². The quantitative estimate of drug-likeness (QED) is 0.667. The van der Waals surface area contributed by atoms with Gasteiger partial charge >= 0.3 is 0 Å². The van der Waals surface area contributed by atoms with Crippen molar-refractivity contribution in [1.29, 1.82) is 0 Å². The highest BCUT2D eigenvalue weighted by atomic mass is 16.1. The number of ketones is 1. The van der Waals surface area contributed by atoms with E-state index in [1.54, 1.807) is 4.68 Å². The molecule has 0 N–H and O–H groups in total. The summed E-state index contributed by atoms with van der Waals surface area (Å²) in [7, 11) is 1.87. The fourth-order valence-corrected chi connectivity index (χ4v) is 1.53. The average Bonchev–Trinajstić information content (AvgIpc) is 2.27. The van der Waals surface area contributed by atoms with Crippen molar-refractivity contribution in [2.24, 2.45) is 7.05 Å². The molecule has 1 aromatic heterocycles. The second-order valence-electron chi connectivity index (χ2n) is 3.34. The molecule has 0 aliphatic heterocycles. The molecule has 0 unspecified atom stereocenters. The molecule has 13 heavy (non-hydrogen) atoms. The Hall–Kier alpha value is -1.12. The first-order valence-corrected chi connectivity index (χ1v) is 4.61. The average molecular weight is 180 g/mol. The van der Waals surface area contributed by atoms with Crippen molar-refractivity contribution >= 4 is 5.78 Å². The normalized spacial score (nSPS) is 10.5. The van der Waals surface area contributed by atoms with Gasteiger partial charge in [-0.2, -0.15) is 5.10 Å². The minimum absolute atomic E-state index is 0.214. The molecule has 0 atom stereocenters. The monoisotopic (exact) mass is 180 g/mol. The third-order valence-electron chi connectivity index (χ3n) is 2.26. The van der Waals surface area contributed by atoms with E-state index in [0.29, 0.717) is 6.42 Å². The van der Waals surface area contributed by atoms with Gasteiger partial charge < -0.3 is 0 Å². The minimum atomic E-state index is 0.214. The lowest BCUT2D eigenvalue weighted by Gasteiger charge is -1.98. The van der Waals surface area contributed by atoms with Crippen LogP contribution in [0.5, 0.6) is 0 Å². The molecule has 3 heteroatoms. The van der Waals surface area contributed by atoms with E-state index >= 15 is 0 Å². The molecule has 3 nitrogen and oxygen atoms in total. The predicted molar refractivity (Wildman–Crippen MR) is 51.9 cm³/mol. The van der Waals surface area contributed by atoms with E-state index in [1.807, 2.05) is 27.8 Å². The van der Waals surface area contributed by atoms with E-state index < -0.39 is 0 Å². The van der Waals surface area contributed by atoms with Crippen LogP contribution in [0.15, 0.2) is 0 Å². The summed E-state index contributed by atoms with van der Waals surface area (Å²) in [5.74, 6) is 0.214. The molecule has 1 aromatic rings. The van der Waals surface area contributed by atoms with Gasteiger partial charge in [0, 0.05) is 19.2 Å². The molecular weight excluding hydrogens is 164 g/mol. The molecule has 0 aliphatic rings. The van der Waals surface area contributed by atoms with Gasteiger partial charge in [0.1, 0.15) is 0 Å². The fraction of sp³-hybridized carbons (Fsp3) is 0.600. The predicted octanol–water partition coefficient (Wildman–Crippen LogP) is 2.02. The van der Waals surface area contributed by atoms with Gasteiger partial charge in [-0.05, 0) is 20.3 Å². The van der Waals surface area contributed by atoms with Crippen molar-refractivity contribution in [3.8, 4) is 0 Å². The summed E-state index contributed by atoms with van der Waals surface area (Å²) in [5, 5.41) is 4.21. The second-order valence-corrected chi connectivity index (χ2v) is 3.34. The number of hydrogen-bond donors (Lipinski definition) is 0. The summed E-state index contributed by atoms with van der Waals surface area (Å²) >= 11 is 0. The van der Waals surface area contributed by atoms with Crippen LogP contribution in [0.4, 0.5) is 0 Å². The van der Waals surface area contributed by atoms with Crippen LogP contribution in [0.25, 0.3) is 0 Å². The third kappa shape index (κ3) is 1.79. The van der Waals surface area contributed by atoms with E-state index in [-0.39, 0.29) is 5.78 Å². The highest BCUT2D eigenvalue weighted by Crippen LogP contribution is 2.14. The maximum Gasteiger partial charge on any atom is 0.166 e. The van der Waals surface area contributed by atoms with E-state index in [0.717, 1.165) is 23.4 Å². The van der Waals surface area contributed by atoms with Crippen molar-refractivity contribution in [3.63, 3.8) is 0 Å². The summed E-state index contributed by atoms with van der Waals surface area (Å²) in [5.41, 5.74) is 2.62. The van der Waals surface area contributed by atoms with Crippen molar-refractivity contribution < 1.29 is 4.79 Å². The number of aromatic nitrogens is 2. The van der Waals surface area contributed by atoms with E-state index in [2.05, 4.69) is 5.10 Å². The molecule has 0 radical (unpaired) electrons. The van der Waals surface area contributed by atoms with Gasteiger partial charge in [-0.25, -0.2) is 0 Å². The van der Waals surface area contributed by atoms with Crippen molar-refractivity contribution in [2.75, 3.05) is 0 Å². The summed E-state index contributed by atoms with van der Waals surface area (Å²) < 4.78 is 1.76. The number of aryl methyl sites for hydroxylation is 2. The van der Waals surface area contributed by atoms with Crippen LogP contribution in [0.3, 0.4) is 0 Å². The Kier molecular flexibility index (Phi) is 2.86.